The van der Waals surface area contributed by atoms with Crippen LogP contribution in [0.25, 0.3) is 11.0 Å². The van der Waals surface area contributed by atoms with Crippen molar-refractivity contribution in [2.45, 2.75) is 13.0 Å². The van der Waals surface area contributed by atoms with Crippen molar-refractivity contribution in [3.8, 4) is 0 Å². The smallest absolute Gasteiger partial charge is 0.296 e. The molecule has 0 spiro atoms. The minimum absolute atomic E-state index is 0.0334. The van der Waals surface area contributed by atoms with E-state index in [1.54, 1.807) is 24.3 Å². The molecule has 1 aliphatic rings. The normalized spacial score (nSPS) is 15.6. The average molecular weight is 482 g/mol. The number of nitrogens with zero attached hydrogens (tertiary/aromatic N) is 2. The van der Waals surface area contributed by atoms with Gasteiger partial charge in [0, 0.05) is 15.2 Å². The molecule has 0 bridgehead atoms. The molecule has 2 aromatic carbocycles. The fraction of sp³-hybridized carbons (Fsp3) is 0.0870. The summed E-state index contributed by atoms with van der Waals surface area (Å²) >= 11 is 9.54. The summed E-state index contributed by atoms with van der Waals surface area (Å²) in [7, 11) is 0. The predicted octanol–water partition coefficient (Wildman–Crippen LogP) is 5.66. The zero-order valence-electron chi connectivity index (χ0n) is 15.7. The van der Waals surface area contributed by atoms with Crippen molar-refractivity contribution in [3.05, 3.63) is 103 Å². The molecule has 0 aliphatic carbocycles. The summed E-state index contributed by atoms with van der Waals surface area (Å²) in [6.45, 7) is 1.85. The van der Waals surface area contributed by atoms with Crippen LogP contribution in [-0.4, -0.2) is 10.9 Å². The van der Waals surface area contributed by atoms with E-state index in [1.165, 1.54) is 4.90 Å². The first-order chi connectivity index (χ1) is 14.4. The second kappa shape index (κ2) is 7.07. The fourth-order valence-corrected chi connectivity index (χ4v) is 4.24. The molecule has 5 nitrogen and oxygen atoms in total. The SMILES string of the molecule is Cc1cccc(N2C(=O)c3oc4ccc(Cl)cc4c(=O)c3C2c2ccc(Br)cc2)n1. The molecule has 5 rings (SSSR count). The number of hydrogen-bond acceptors (Lipinski definition) is 4. The molecule has 0 saturated heterocycles. The third-order valence-electron chi connectivity index (χ3n) is 5.14. The van der Waals surface area contributed by atoms with E-state index in [1.807, 2.05) is 43.3 Å². The van der Waals surface area contributed by atoms with Crippen molar-refractivity contribution in [1.82, 2.24) is 4.98 Å². The quantitative estimate of drug-likeness (QED) is 0.370. The van der Waals surface area contributed by atoms with Gasteiger partial charge in [0.1, 0.15) is 11.4 Å². The highest BCUT2D eigenvalue weighted by Gasteiger charge is 2.44. The Balaban J connectivity index is 1.83. The molecular weight excluding hydrogens is 468 g/mol. The Bertz CT molecular complexity index is 1380. The largest absolute Gasteiger partial charge is 0.450 e. The first-order valence-electron chi connectivity index (χ1n) is 9.23. The number of amides is 1. The molecule has 30 heavy (non-hydrogen) atoms. The van der Waals surface area contributed by atoms with Crippen molar-refractivity contribution >= 4 is 50.2 Å². The van der Waals surface area contributed by atoms with Gasteiger partial charge in [-0.25, -0.2) is 4.98 Å². The molecule has 2 aromatic heterocycles. The highest BCUT2D eigenvalue weighted by molar-refractivity contribution is 9.10. The van der Waals surface area contributed by atoms with Gasteiger partial charge in [0.25, 0.3) is 5.91 Å². The Hall–Kier alpha value is -2.96. The summed E-state index contributed by atoms with van der Waals surface area (Å²) in [6.07, 6.45) is 0. The van der Waals surface area contributed by atoms with E-state index in [-0.39, 0.29) is 11.2 Å². The molecule has 0 radical (unpaired) electrons. The molecule has 7 heteroatoms. The third-order valence-corrected chi connectivity index (χ3v) is 5.90. The number of benzene rings is 2. The number of anilines is 1. The van der Waals surface area contributed by atoms with E-state index in [9.17, 15) is 9.59 Å². The summed E-state index contributed by atoms with van der Waals surface area (Å²) in [6, 6.07) is 17.1. The van der Waals surface area contributed by atoms with Crippen molar-refractivity contribution in [2.75, 3.05) is 4.90 Å². The van der Waals surface area contributed by atoms with Gasteiger partial charge in [-0.15, -0.1) is 0 Å². The summed E-state index contributed by atoms with van der Waals surface area (Å²) in [4.78, 5) is 33.0. The average Bonchev–Trinajstić information content (AvgIpc) is 3.02. The molecule has 0 fully saturated rings. The fourth-order valence-electron chi connectivity index (χ4n) is 3.80. The molecular formula is C23H14BrClN2O3. The molecule has 0 N–H and O–H groups in total. The van der Waals surface area contributed by atoms with Crippen molar-refractivity contribution < 1.29 is 9.21 Å². The van der Waals surface area contributed by atoms with Crippen LogP contribution < -0.4 is 10.3 Å². The van der Waals surface area contributed by atoms with Crippen LogP contribution in [0.4, 0.5) is 5.82 Å². The van der Waals surface area contributed by atoms with Crippen LogP contribution in [0.3, 0.4) is 0 Å². The number of pyridine rings is 1. The lowest BCUT2D eigenvalue weighted by molar-refractivity contribution is 0.0970. The highest BCUT2D eigenvalue weighted by Crippen LogP contribution is 2.41. The van der Waals surface area contributed by atoms with Gasteiger partial charge in [0.05, 0.1) is 17.0 Å². The monoisotopic (exact) mass is 480 g/mol. The van der Waals surface area contributed by atoms with Gasteiger partial charge in [-0.1, -0.05) is 45.7 Å². The van der Waals surface area contributed by atoms with E-state index < -0.39 is 11.9 Å². The molecule has 1 aliphatic heterocycles. The van der Waals surface area contributed by atoms with Gasteiger partial charge < -0.3 is 4.42 Å². The topological polar surface area (TPSA) is 63.4 Å². The standard InChI is InChI=1S/C23H14BrClN2O3/c1-12-3-2-4-18(26-12)27-20(13-5-7-14(24)8-6-13)19-21(28)16-11-15(25)9-10-17(16)30-22(19)23(27)29/h2-11,20H,1H3. The third kappa shape index (κ3) is 2.95. The molecule has 1 amide bonds. The van der Waals surface area contributed by atoms with E-state index in [4.69, 9.17) is 16.0 Å². The van der Waals surface area contributed by atoms with Gasteiger partial charge in [0.2, 0.25) is 5.76 Å². The van der Waals surface area contributed by atoms with Crippen LogP contribution in [0.5, 0.6) is 0 Å². The number of rotatable bonds is 2. The van der Waals surface area contributed by atoms with Crippen LogP contribution in [0.1, 0.15) is 33.4 Å². The van der Waals surface area contributed by atoms with Gasteiger partial charge in [-0.3, -0.25) is 14.5 Å². The summed E-state index contributed by atoms with van der Waals surface area (Å²) in [5.74, 6) is 0.0943. The second-order valence-electron chi connectivity index (χ2n) is 7.08. The van der Waals surface area contributed by atoms with E-state index >= 15 is 0 Å². The number of fused-ring (bicyclic) bond motifs is 2. The number of aryl methyl sites for hydroxylation is 1. The van der Waals surface area contributed by atoms with E-state index in [2.05, 4.69) is 20.9 Å². The van der Waals surface area contributed by atoms with Crippen LogP contribution in [0.2, 0.25) is 5.02 Å². The zero-order valence-corrected chi connectivity index (χ0v) is 18.1. The molecule has 0 saturated carbocycles. The minimum Gasteiger partial charge on any atom is -0.450 e. The van der Waals surface area contributed by atoms with Crippen LogP contribution >= 0.6 is 27.5 Å². The number of carbonyl (C=O) groups is 1. The Labute approximate surface area is 185 Å². The lowest BCUT2D eigenvalue weighted by Gasteiger charge is -2.24. The Kier molecular flexibility index (Phi) is 4.49. The molecule has 1 unspecified atom stereocenters. The maximum Gasteiger partial charge on any atom is 0.296 e. The first kappa shape index (κ1) is 19.0. The van der Waals surface area contributed by atoms with Crippen LogP contribution in [0.15, 0.2) is 74.3 Å². The summed E-state index contributed by atoms with van der Waals surface area (Å²) < 4.78 is 6.82. The maximum atomic E-state index is 13.5. The Morgan fingerprint density at radius 2 is 1.83 bits per heavy atom. The maximum absolute atomic E-state index is 13.5. The van der Waals surface area contributed by atoms with Gasteiger partial charge in [-0.2, -0.15) is 0 Å². The molecule has 1 atom stereocenters. The van der Waals surface area contributed by atoms with Gasteiger partial charge in [-0.05, 0) is 55.0 Å². The number of halogens is 2. The second-order valence-corrected chi connectivity index (χ2v) is 8.43. The van der Waals surface area contributed by atoms with Gasteiger partial charge >= 0.3 is 0 Å². The van der Waals surface area contributed by atoms with E-state index in [0.29, 0.717) is 27.4 Å². The summed E-state index contributed by atoms with van der Waals surface area (Å²) in [5.41, 5.74) is 1.89. The predicted molar refractivity (Wildman–Crippen MR) is 119 cm³/mol. The number of hydrogen-bond donors (Lipinski definition) is 0. The molecule has 148 valence electrons. The van der Waals surface area contributed by atoms with Crippen molar-refractivity contribution in [1.29, 1.82) is 0 Å². The highest BCUT2D eigenvalue weighted by atomic mass is 79.9. The lowest BCUT2D eigenvalue weighted by atomic mass is 9.98. The van der Waals surface area contributed by atoms with Crippen LogP contribution in [0, 0.1) is 6.92 Å². The lowest BCUT2D eigenvalue weighted by Crippen LogP contribution is -2.30. The van der Waals surface area contributed by atoms with Crippen molar-refractivity contribution in [2.24, 2.45) is 0 Å². The molecule has 3 heterocycles. The Morgan fingerprint density at radius 3 is 2.57 bits per heavy atom. The Morgan fingerprint density at radius 1 is 1.07 bits per heavy atom. The van der Waals surface area contributed by atoms with E-state index in [0.717, 1.165) is 15.7 Å². The number of carbonyl (C=O) groups excluding carboxylic acids is 1. The molecule has 4 aromatic rings. The number of aromatic nitrogens is 1. The minimum atomic E-state index is -0.658. The summed E-state index contributed by atoms with van der Waals surface area (Å²) in [5, 5.41) is 0.770. The first-order valence-corrected chi connectivity index (χ1v) is 10.4. The van der Waals surface area contributed by atoms with Crippen molar-refractivity contribution in [3.63, 3.8) is 0 Å². The van der Waals surface area contributed by atoms with Crippen LogP contribution in [-0.2, 0) is 0 Å². The zero-order chi connectivity index (χ0) is 21.0. The van der Waals surface area contributed by atoms with Gasteiger partial charge in [0.15, 0.2) is 5.43 Å².